The van der Waals surface area contributed by atoms with E-state index in [9.17, 15) is 14.4 Å². The van der Waals surface area contributed by atoms with Crippen molar-refractivity contribution in [3.63, 3.8) is 0 Å². The molecule has 0 heterocycles. The van der Waals surface area contributed by atoms with Crippen LogP contribution in [0.2, 0.25) is 0 Å². The molecule has 0 unspecified atom stereocenters. The molecule has 0 fully saturated rings. The Morgan fingerprint density at radius 2 is 0.609 bits per heavy atom. The Balaban J connectivity index is 4.67. The van der Waals surface area contributed by atoms with E-state index in [0.29, 0.717) is 19.3 Å². The Labute approximate surface area is 423 Å². The Bertz CT molecular complexity index is 1560. The molecule has 6 heteroatoms. The van der Waals surface area contributed by atoms with Crippen molar-refractivity contribution in [1.82, 2.24) is 0 Å². The first-order valence-corrected chi connectivity index (χ1v) is 27.3. The standard InChI is InChI=1S/C63H98O6/c1-4-7-10-13-16-19-22-25-28-30-31-33-35-38-41-44-47-50-53-56-62(65)68-59-60(58-67-61(64)55-52-49-46-43-40-37-34-27-24-21-18-15-12-9-6-3)69-63(66)57-54-51-48-45-42-39-36-32-29-26-23-20-17-14-11-8-5-2/h9,12,16,18-19,21,25-29,31,33-34,36,38-41,43,45,47-48,50,60H,4-8,10-11,13-15,17,20,22-24,30,32,35,37,42,44,46,49,51-59H2,1-3H3/b12-9-,19-16-,21-18-,28-25-,29-26-,33-31-,34-27-,39-36-,41-38-,43-40-,48-45-,50-47-/t60-/m1/s1. The van der Waals surface area contributed by atoms with Gasteiger partial charge in [0, 0.05) is 19.3 Å². The zero-order chi connectivity index (χ0) is 50.0. The zero-order valence-electron chi connectivity index (χ0n) is 44.0. The monoisotopic (exact) mass is 951 g/mol. The van der Waals surface area contributed by atoms with Gasteiger partial charge in [-0.05, 0) is 128 Å². The van der Waals surface area contributed by atoms with Gasteiger partial charge in [0.05, 0.1) is 0 Å². The molecular formula is C63H98O6. The molecule has 1 atom stereocenters. The highest BCUT2D eigenvalue weighted by atomic mass is 16.6. The predicted molar refractivity (Wildman–Crippen MR) is 297 cm³/mol. The summed E-state index contributed by atoms with van der Waals surface area (Å²) in [7, 11) is 0. The summed E-state index contributed by atoms with van der Waals surface area (Å²) < 4.78 is 16.7. The number of unbranched alkanes of at least 4 members (excludes halogenated alkanes) is 12. The van der Waals surface area contributed by atoms with E-state index in [2.05, 4.69) is 154 Å². The smallest absolute Gasteiger partial charge is 0.306 e. The number of rotatable bonds is 47. The third-order valence-electron chi connectivity index (χ3n) is 10.8. The van der Waals surface area contributed by atoms with Crippen LogP contribution in [0.15, 0.2) is 146 Å². The van der Waals surface area contributed by atoms with Gasteiger partial charge in [0.1, 0.15) is 13.2 Å². The molecule has 386 valence electrons. The van der Waals surface area contributed by atoms with Gasteiger partial charge in [-0.15, -0.1) is 0 Å². The van der Waals surface area contributed by atoms with Gasteiger partial charge in [0.15, 0.2) is 6.10 Å². The van der Waals surface area contributed by atoms with E-state index in [4.69, 9.17) is 14.2 Å². The minimum absolute atomic E-state index is 0.149. The summed E-state index contributed by atoms with van der Waals surface area (Å²) >= 11 is 0. The first-order valence-electron chi connectivity index (χ1n) is 27.3. The van der Waals surface area contributed by atoms with Gasteiger partial charge < -0.3 is 14.2 Å². The fourth-order valence-electron chi connectivity index (χ4n) is 6.72. The third kappa shape index (κ3) is 54.1. The third-order valence-corrected chi connectivity index (χ3v) is 10.8. The Morgan fingerprint density at radius 1 is 0.304 bits per heavy atom. The quantitative estimate of drug-likeness (QED) is 0.0262. The molecule has 0 amide bonds. The molecule has 0 aromatic heterocycles. The van der Waals surface area contributed by atoms with Crippen LogP contribution < -0.4 is 0 Å². The topological polar surface area (TPSA) is 78.9 Å². The Hall–Kier alpha value is -4.71. The fraction of sp³-hybridized carbons (Fsp3) is 0.571. The molecular weight excluding hydrogens is 853 g/mol. The Morgan fingerprint density at radius 3 is 1.04 bits per heavy atom. The SMILES string of the molecule is CC/C=C\C/C=C\C/C=C\C/C=C\CCCCC(=O)OC[C@H](COC(=O)CC/C=C\C/C=C\C/C=C\C/C=C\C/C=C\CCCCC)OC(=O)CCC/C=C\C/C=C\C/C=C\CCCCCCCC. The minimum Gasteiger partial charge on any atom is -0.462 e. The molecule has 0 aromatic rings. The van der Waals surface area contributed by atoms with E-state index in [0.717, 1.165) is 83.5 Å². The summed E-state index contributed by atoms with van der Waals surface area (Å²) in [6.45, 7) is 6.32. The molecule has 0 radical (unpaired) electrons. The van der Waals surface area contributed by atoms with Crippen LogP contribution in [0.1, 0.15) is 213 Å². The van der Waals surface area contributed by atoms with Crippen molar-refractivity contribution in [1.29, 1.82) is 0 Å². The van der Waals surface area contributed by atoms with Gasteiger partial charge in [-0.25, -0.2) is 0 Å². The highest BCUT2D eigenvalue weighted by Gasteiger charge is 2.19. The van der Waals surface area contributed by atoms with Crippen molar-refractivity contribution < 1.29 is 28.6 Å². The molecule has 0 saturated heterocycles. The van der Waals surface area contributed by atoms with E-state index >= 15 is 0 Å². The molecule has 0 spiro atoms. The lowest BCUT2D eigenvalue weighted by Crippen LogP contribution is -2.30. The zero-order valence-corrected chi connectivity index (χ0v) is 44.0. The van der Waals surface area contributed by atoms with Crippen molar-refractivity contribution in [2.24, 2.45) is 0 Å². The van der Waals surface area contributed by atoms with Crippen molar-refractivity contribution in [3.8, 4) is 0 Å². The lowest BCUT2D eigenvalue weighted by Gasteiger charge is -2.18. The van der Waals surface area contributed by atoms with Crippen LogP contribution in [0, 0.1) is 0 Å². The lowest BCUT2D eigenvalue weighted by atomic mass is 10.1. The molecule has 0 rings (SSSR count). The highest BCUT2D eigenvalue weighted by Crippen LogP contribution is 2.10. The summed E-state index contributed by atoms with van der Waals surface area (Å²) in [6, 6.07) is 0. The van der Waals surface area contributed by atoms with E-state index in [-0.39, 0.29) is 44.4 Å². The second kappa shape index (κ2) is 55.9. The molecule has 69 heavy (non-hydrogen) atoms. The Kier molecular flexibility index (Phi) is 52.1. The van der Waals surface area contributed by atoms with E-state index in [1.165, 1.54) is 70.6 Å². The van der Waals surface area contributed by atoms with E-state index in [1.54, 1.807) is 0 Å². The molecule has 0 aromatic carbocycles. The number of esters is 3. The second-order valence-electron chi connectivity index (χ2n) is 17.4. The number of ether oxygens (including phenoxy) is 3. The minimum atomic E-state index is -0.858. The van der Waals surface area contributed by atoms with Gasteiger partial charge in [-0.2, -0.15) is 0 Å². The second-order valence-corrected chi connectivity index (χ2v) is 17.4. The summed E-state index contributed by atoms with van der Waals surface area (Å²) in [5.74, 6) is -1.13. The highest BCUT2D eigenvalue weighted by molar-refractivity contribution is 5.71. The van der Waals surface area contributed by atoms with E-state index < -0.39 is 12.1 Å². The van der Waals surface area contributed by atoms with Crippen molar-refractivity contribution in [2.75, 3.05) is 13.2 Å². The summed E-state index contributed by atoms with van der Waals surface area (Å²) in [6.07, 6.45) is 80.0. The van der Waals surface area contributed by atoms with E-state index in [1.807, 2.05) is 12.2 Å². The molecule has 0 aliphatic rings. The average Bonchev–Trinajstić information content (AvgIpc) is 3.35. The molecule has 0 N–H and O–H groups in total. The van der Waals surface area contributed by atoms with Crippen LogP contribution in [0.5, 0.6) is 0 Å². The first-order chi connectivity index (χ1) is 34.0. The predicted octanol–water partition coefficient (Wildman–Crippen LogP) is 18.4. The molecule has 0 bridgehead atoms. The van der Waals surface area contributed by atoms with Gasteiger partial charge in [0.25, 0.3) is 0 Å². The maximum atomic E-state index is 12.8. The maximum Gasteiger partial charge on any atom is 0.306 e. The molecule has 6 nitrogen and oxygen atoms in total. The lowest BCUT2D eigenvalue weighted by molar-refractivity contribution is -0.166. The van der Waals surface area contributed by atoms with Gasteiger partial charge in [0.2, 0.25) is 0 Å². The average molecular weight is 951 g/mol. The molecule has 0 saturated carbocycles. The number of allylic oxidation sites excluding steroid dienone is 24. The van der Waals surface area contributed by atoms with Crippen LogP contribution >= 0.6 is 0 Å². The van der Waals surface area contributed by atoms with Crippen molar-refractivity contribution in [2.45, 2.75) is 219 Å². The van der Waals surface area contributed by atoms with Crippen molar-refractivity contribution >= 4 is 17.9 Å². The fourth-order valence-corrected chi connectivity index (χ4v) is 6.72. The van der Waals surface area contributed by atoms with Crippen LogP contribution in [0.25, 0.3) is 0 Å². The molecule has 0 aliphatic heterocycles. The number of carbonyl (C=O) groups excluding carboxylic acids is 3. The summed E-state index contributed by atoms with van der Waals surface area (Å²) in [5.41, 5.74) is 0. The first kappa shape index (κ1) is 64.3. The number of hydrogen-bond acceptors (Lipinski definition) is 6. The van der Waals surface area contributed by atoms with Crippen LogP contribution in [0.3, 0.4) is 0 Å². The number of hydrogen-bond donors (Lipinski definition) is 0. The maximum absolute atomic E-state index is 12.8. The normalized spacial score (nSPS) is 13.3. The largest absolute Gasteiger partial charge is 0.462 e. The van der Waals surface area contributed by atoms with Crippen LogP contribution in [-0.2, 0) is 28.6 Å². The van der Waals surface area contributed by atoms with Crippen molar-refractivity contribution in [3.05, 3.63) is 146 Å². The van der Waals surface area contributed by atoms with Crippen LogP contribution in [-0.4, -0.2) is 37.2 Å². The van der Waals surface area contributed by atoms with Gasteiger partial charge >= 0.3 is 17.9 Å². The molecule has 0 aliphatic carbocycles. The summed E-state index contributed by atoms with van der Waals surface area (Å²) in [4.78, 5) is 38.0. The van der Waals surface area contributed by atoms with Crippen LogP contribution in [0.4, 0.5) is 0 Å². The summed E-state index contributed by atoms with van der Waals surface area (Å²) in [5, 5.41) is 0. The number of carbonyl (C=O) groups is 3. The van der Waals surface area contributed by atoms with Gasteiger partial charge in [-0.1, -0.05) is 212 Å². The van der Waals surface area contributed by atoms with Gasteiger partial charge in [-0.3, -0.25) is 14.4 Å².